The molecule has 2 aliphatic rings. The van der Waals surface area contributed by atoms with Crippen LogP contribution in [-0.2, 0) is 16.1 Å². The number of alkyl halides is 2. The summed E-state index contributed by atoms with van der Waals surface area (Å²) in [4.78, 5) is 28.3. The van der Waals surface area contributed by atoms with Crippen molar-refractivity contribution in [3.05, 3.63) is 18.2 Å². The number of nitrogens with zero attached hydrogens (tertiary/aromatic N) is 4. The van der Waals surface area contributed by atoms with Crippen molar-refractivity contribution in [3.63, 3.8) is 0 Å². The summed E-state index contributed by atoms with van der Waals surface area (Å²) in [6.45, 7) is 1.76. The van der Waals surface area contributed by atoms with Gasteiger partial charge in [-0.25, -0.2) is 23.2 Å². The van der Waals surface area contributed by atoms with Crippen LogP contribution in [-0.4, -0.2) is 58.5 Å². The van der Waals surface area contributed by atoms with Crippen molar-refractivity contribution >= 4 is 23.6 Å². The van der Waals surface area contributed by atoms with Crippen LogP contribution in [0.25, 0.3) is 11.4 Å². The third kappa shape index (κ3) is 3.41. The molecule has 1 unspecified atom stereocenters. The zero-order valence-corrected chi connectivity index (χ0v) is 15.3. The lowest BCUT2D eigenvalue weighted by Gasteiger charge is -2.16. The number of primary amides is 1. The number of rotatable bonds is 5. The Labute approximate surface area is 163 Å². The molecule has 1 fully saturated rings. The molecule has 1 aromatic heterocycles. The van der Waals surface area contributed by atoms with Crippen LogP contribution in [0, 0.1) is 0 Å². The number of carbonyl (C=O) groups is 2. The maximum Gasteiger partial charge on any atom is 0.417 e. The molecular weight excluding hydrogens is 390 g/mol. The number of halogens is 2. The SMILES string of the molecule is CC(Nc1ccc2c(c1)OCCn1nc(N3C(=O)OC[C@H]3C(F)F)nc1-2)C(N)=O. The summed E-state index contributed by atoms with van der Waals surface area (Å²) in [5.74, 6) is 0.190. The lowest BCUT2D eigenvalue weighted by molar-refractivity contribution is -0.118. The first kappa shape index (κ1) is 18.9. The molecule has 3 heterocycles. The van der Waals surface area contributed by atoms with Crippen LogP contribution >= 0.6 is 0 Å². The lowest BCUT2D eigenvalue weighted by atomic mass is 10.1. The number of amides is 2. The molecule has 154 valence electrons. The van der Waals surface area contributed by atoms with Crippen molar-refractivity contribution in [2.45, 2.75) is 32.0 Å². The van der Waals surface area contributed by atoms with Gasteiger partial charge in [0.15, 0.2) is 5.82 Å². The van der Waals surface area contributed by atoms with E-state index in [4.69, 9.17) is 15.2 Å². The normalized spacial score (nSPS) is 19.1. The largest absolute Gasteiger partial charge is 0.491 e. The second-order valence-corrected chi connectivity index (χ2v) is 6.64. The molecule has 0 bridgehead atoms. The van der Waals surface area contributed by atoms with Gasteiger partial charge in [0.2, 0.25) is 5.91 Å². The smallest absolute Gasteiger partial charge is 0.417 e. The monoisotopic (exact) mass is 408 g/mol. The molecule has 1 saturated heterocycles. The number of anilines is 2. The fourth-order valence-electron chi connectivity index (χ4n) is 3.12. The highest BCUT2D eigenvalue weighted by Crippen LogP contribution is 2.35. The summed E-state index contributed by atoms with van der Waals surface area (Å²) in [6.07, 6.45) is -3.70. The summed E-state index contributed by atoms with van der Waals surface area (Å²) in [7, 11) is 0. The summed E-state index contributed by atoms with van der Waals surface area (Å²) >= 11 is 0. The van der Waals surface area contributed by atoms with Gasteiger partial charge in [0.05, 0.1) is 12.1 Å². The van der Waals surface area contributed by atoms with Crippen LogP contribution in [0.4, 0.5) is 25.2 Å². The Kier molecular flexibility index (Phi) is 4.68. The summed E-state index contributed by atoms with van der Waals surface area (Å²) in [5.41, 5.74) is 6.45. The molecule has 0 saturated carbocycles. The zero-order valence-electron chi connectivity index (χ0n) is 15.3. The van der Waals surface area contributed by atoms with Gasteiger partial charge in [0, 0.05) is 11.8 Å². The van der Waals surface area contributed by atoms with Gasteiger partial charge in [-0.3, -0.25) is 4.79 Å². The predicted molar refractivity (Wildman–Crippen MR) is 96.9 cm³/mol. The van der Waals surface area contributed by atoms with Crippen LogP contribution in [0.5, 0.6) is 5.75 Å². The van der Waals surface area contributed by atoms with E-state index < -0.39 is 37.1 Å². The van der Waals surface area contributed by atoms with E-state index in [2.05, 4.69) is 15.4 Å². The number of carbonyl (C=O) groups excluding carboxylic acids is 2. The third-order valence-corrected chi connectivity index (χ3v) is 4.67. The molecule has 0 aliphatic carbocycles. The molecule has 2 aromatic rings. The van der Waals surface area contributed by atoms with Crippen LogP contribution in [0.1, 0.15) is 6.92 Å². The molecule has 0 radical (unpaired) electrons. The summed E-state index contributed by atoms with van der Waals surface area (Å²) < 4.78 is 38.5. The van der Waals surface area contributed by atoms with Crippen molar-refractivity contribution in [2.75, 3.05) is 23.4 Å². The number of nitrogens with one attached hydrogen (secondary N) is 1. The first-order valence-electron chi connectivity index (χ1n) is 8.87. The van der Waals surface area contributed by atoms with Crippen LogP contribution < -0.4 is 20.7 Å². The van der Waals surface area contributed by atoms with E-state index in [0.29, 0.717) is 29.4 Å². The average Bonchev–Trinajstić information content (AvgIpc) is 3.21. The molecule has 1 aromatic carbocycles. The number of hydrogen-bond donors (Lipinski definition) is 2. The van der Waals surface area contributed by atoms with Crippen molar-refractivity contribution < 1.29 is 27.8 Å². The van der Waals surface area contributed by atoms with E-state index in [1.54, 1.807) is 25.1 Å². The Morgan fingerprint density at radius 3 is 2.90 bits per heavy atom. The van der Waals surface area contributed by atoms with E-state index in [1.165, 1.54) is 4.68 Å². The van der Waals surface area contributed by atoms with Crippen molar-refractivity contribution in [1.82, 2.24) is 14.8 Å². The minimum atomic E-state index is -2.79. The number of cyclic esters (lactones) is 1. The van der Waals surface area contributed by atoms with Gasteiger partial charge >= 0.3 is 6.09 Å². The number of aromatic nitrogens is 3. The maximum atomic E-state index is 13.2. The molecule has 12 heteroatoms. The fraction of sp³-hybridized carbons (Fsp3) is 0.412. The van der Waals surface area contributed by atoms with Gasteiger partial charge in [0.1, 0.15) is 31.0 Å². The Hall–Kier alpha value is -3.44. The molecular formula is C17H18F2N6O4. The summed E-state index contributed by atoms with van der Waals surface area (Å²) in [5, 5.41) is 7.17. The van der Waals surface area contributed by atoms with E-state index in [1.807, 2.05) is 0 Å². The molecule has 2 amide bonds. The highest BCUT2D eigenvalue weighted by atomic mass is 19.3. The Balaban J connectivity index is 1.68. The van der Waals surface area contributed by atoms with Crippen LogP contribution in [0.2, 0.25) is 0 Å². The van der Waals surface area contributed by atoms with E-state index in [0.717, 1.165) is 4.90 Å². The highest BCUT2D eigenvalue weighted by Gasteiger charge is 2.43. The van der Waals surface area contributed by atoms with Gasteiger partial charge in [-0.05, 0) is 19.1 Å². The molecule has 10 nitrogen and oxygen atoms in total. The van der Waals surface area contributed by atoms with Crippen molar-refractivity contribution in [3.8, 4) is 17.1 Å². The second kappa shape index (κ2) is 7.18. The Morgan fingerprint density at radius 1 is 1.38 bits per heavy atom. The van der Waals surface area contributed by atoms with E-state index >= 15 is 0 Å². The molecule has 3 N–H and O–H groups in total. The number of fused-ring (bicyclic) bond motifs is 3. The Bertz CT molecular complexity index is 965. The minimum Gasteiger partial charge on any atom is -0.491 e. The Morgan fingerprint density at radius 2 is 2.17 bits per heavy atom. The molecule has 2 aliphatic heterocycles. The minimum absolute atomic E-state index is 0.148. The standard InChI is InChI=1S/C17H18F2N6O4/c1-8(14(20)26)21-9-2-3-10-12(6-9)28-5-4-24-15(10)22-16(23-24)25-11(13(18)19)7-29-17(25)27/h2-3,6,8,11,13,21H,4-5,7H2,1H3,(H2,20,26)/t8?,11-/m0/s1. The first-order chi connectivity index (χ1) is 13.8. The number of nitrogens with two attached hydrogens (primary N) is 1. The van der Waals surface area contributed by atoms with Gasteiger partial charge in [-0.15, -0.1) is 5.10 Å². The van der Waals surface area contributed by atoms with Gasteiger partial charge < -0.3 is 20.5 Å². The fourth-order valence-corrected chi connectivity index (χ4v) is 3.12. The van der Waals surface area contributed by atoms with E-state index in [9.17, 15) is 18.4 Å². The van der Waals surface area contributed by atoms with Gasteiger partial charge in [0.25, 0.3) is 12.4 Å². The van der Waals surface area contributed by atoms with Crippen molar-refractivity contribution in [1.29, 1.82) is 0 Å². The van der Waals surface area contributed by atoms with E-state index in [-0.39, 0.29) is 12.6 Å². The van der Waals surface area contributed by atoms with Gasteiger partial charge in [-0.2, -0.15) is 4.98 Å². The first-order valence-corrected chi connectivity index (χ1v) is 8.87. The topological polar surface area (TPSA) is 125 Å². The molecule has 0 spiro atoms. The second-order valence-electron chi connectivity index (χ2n) is 6.64. The predicted octanol–water partition coefficient (Wildman–Crippen LogP) is 1.21. The number of ether oxygens (including phenoxy) is 2. The van der Waals surface area contributed by atoms with Crippen molar-refractivity contribution in [2.24, 2.45) is 5.73 Å². The lowest BCUT2D eigenvalue weighted by Crippen LogP contribution is -2.39. The summed E-state index contributed by atoms with van der Waals surface area (Å²) in [6, 6.07) is 3.07. The van der Waals surface area contributed by atoms with Crippen LogP contribution in [0.15, 0.2) is 18.2 Å². The van der Waals surface area contributed by atoms with Crippen LogP contribution in [0.3, 0.4) is 0 Å². The molecule has 2 atom stereocenters. The zero-order chi connectivity index (χ0) is 20.7. The highest BCUT2D eigenvalue weighted by molar-refractivity contribution is 5.88. The average molecular weight is 408 g/mol. The molecule has 4 rings (SSSR count). The van der Waals surface area contributed by atoms with Gasteiger partial charge in [-0.1, -0.05) is 0 Å². The quantitative estimate of drug-likeness (QED) is 0.762. The molecule has 29 heavy (non-hydrogen) atoms. The number of benzene rings is 1. The third-order valence-electron chi connectivity index (χ3n) is 4.67. The number of hydrogen-bond acceptors (Lipinski definition) is 7. The maximum absolute atomic E-state index is 13.2.